The van der Waals surface area contributed by atoms with E-state index in [-0.39, 0.29) is 48.8 Å². The standard InChI is InChI=1S/C27H35BF2N9O16P3/c1-13-9-14(2)38-17(13)10-16-4-3-15(39(16)28(38,29)30)5-6-19(40)32-7-8-33-27(43)53-22-21(41)18(11-51-57(47,48)55-58(49,50)54-56(44,45)46)52-25(22)37-12-34-20-23(37)35-26(31)36-24(20)42/h3-4,9-10,12,18,21-22,25,41H,5-8,11H2,1-2H3,(H,32,40)(H,33,43)(H,47,48)(H,49,50)(H2,44,45,46)(H3,31,35,36,42)/t18-,21-,22-,25-/m1/s1. The van der Waals surface area contributed by atoms with Gasteiger partial charge >= 0.3 is 36.5 Å². The first-order chi connectivity index (χ1) is 27.0. The highest BCUT2D eigenvalue weighted by Gasteiger charge is 2.53. The molecule has 6 atom stereocenters. The third-order valence-corrected chi connectivity index (χ3v) is 12.6. The van der Waals surface area contributed by atoms with E-state index in [9.17, 15) is 43.0 Å². The highest BCUT2D eigenvalue weighted by atomic mass is 31.3. The summed E-state index contributed by atoms with van der Waals surface area (Å²) < 4.78 is 92.1. The molecule has 1 saturated heterocycles. The van der Waals surface area contributed by atoms with Crippen LogP contribution in [0, 0.1) is 13.8 Å². The van der Waals surface area contributed by atoms with Crippen LogP contribution < -0.4 is 21.9 Å². The maximum Gasteiger partial charge on any atom is 0.737 e. The number of aryl methyl sites for hydroxylation is 2. The van der Waals surface area contributed by atoms with E-state index in [2.05, 4.69) is 38.7 Å². The third-order valence-electron chi connectivity index (χ3n) is 8.83. The van der Waals surface area contributed by atoms with Crippen LogP contribution in [-0.2, 0) is 41.1 Å². The Balaban J connectivity index is 1.06. The molecule has 6 heterocycles. The van der Waals surface area contributed by atoms with E-state index < -0.39 is 79.1 Å². The van der Waals surface area contributed by atoms with Gasteiger partial charge in [0.25, 0.3) is 5.56 Å². The molecular formula is C27H35BF2N9O16P3. The highest BCUT2D eigenvalue weighted by molar-refractivity contribution is 7.66. The second kappa shape index (κ2) is 16.0. The number of aromatic nitrogens is 5. The number of amides is 2. The number of nitrogens with one attached hydrogen (secondary N) is 3. The molecular weight excluding hydrogens is 848 g/mol. The van der Waals surface area contributed by atoms with Crippen molar-refractivity contribution < 1.29 is 83.7 Å². The van der Waals surface area contributed by atoms with E-state index in [1.807, 2.05) is 0 Å². The van der Waals surface area contributed by atoms with Crippen molar-refractivity contribution in [2.24, 2.45) is 0 Å². The van der Waals surface area contributed by atoms with Crippen LogP contribution in [0.1, 0.15) is 36.0 Å². The van der Waals surface area contributed by atoms with Crippen LogP contribution in [0.4, 0.5) is 19.4 Å². The molecule has 0 bridgehead atoms. The van der Waals surface area contributed by atoms with E-state index in [0.717, 1.165) is 19.9 Å². The molecule has 0 spiro atoms. The van der Waals surface area contributed by atoms with Gasteiger partial charge in [0.05, 0.1) is 12.9 Å². The molecule has 0 saturated carbocycles. The maximum atomic E-state index is 15.7. The summed E-state index contributed by atoms with van der Waals surface area (Å²) >= 11 is 0. The van der Waals surface area contributed by atoms with Crippen molar-refractivity contribution in [1.82, 2.24) is 34.6 Å². The number of allylic oxidation sites excluding steroid dienone is 2. The number of nitrogen functional groups attached to an aromatic ring is 1. The third kappa shape index (κ3) is 9.23. The normalized spacial score (nSPS) is 23.2. The molecule has 1 fully saturated rings. The Bertz CT molecular complexity index is 2470. The molecule has 0 aromatic carbocycles. The molecule has 3 aliphatic rings. The monoisotopic (exact) mass is 883 g/mol. The number of hydrogen-bond donors (Lipinski definition) is 9. The van der Waals surface area contributed by atoms with Gasteiger partial charge in [-0.25, -0.2) is 23.5 Å². The van der Waals surface area contributed by atoms with Crippen molar-refractivity contribution in [1.29, 1.82) is 0 Å². The Morgan fingerprint density at radius 1 is 1.10 bits per heavy atom. The number of phosphoric ester groups is 1. The number of ether oxygens (including phenoxy) is 2. The minimum absolute atomic E-state index is 0.0272. The molecule has 25 nitrogen and oxygen atoms in total. The Morgan fingerprint density at radius 2 is 1.81 bits per heavy atom. The van der Waals surface area contributed by atoms with Crippen LogP contribution >= 0.6 is 23.5 Å². The zero-order valence-electron chi connectivity index (χ0n) is 29.9. The quantitative estimate of drug-likeness (QED) is 0.0551. The SMILES string of the molecule is Cc1cc(C)n2c1C=C1C=CC(CCC(=O)NCCNC(=O)O[C@@H]3[C@H](O)[C@@H](COP(=O)(O)OP(=O)(O)OP(=O)(O)O)O[C@H]3n3cnc4c(=O)[nH]c(N)nc43)=[N+]1[B-]2(F)F. The van der Waals surface area contributed by atoms with Gasteiger partial charge in [0, 0.05) is 49.9 Å². The number of halogens is 2. The van der Waals surface area contributed by atoms with Crippen molar-refractivity contribution >= 4 is 71.3 Å². The number of hydrogen-bond acceptors (Lipinski definition) is 15. The fourth-order valence-electron chi connectivity index (χ4n) is 6.57. The smallest absolute Gasteiger partial charge is 0.439 e. The van der Waals surface area contributed by atoms with Crippen LogP contribution in [0.25, 0.3) is 17.2 Å². The first kappa shape index (κ1) is 43.2. The molecule has 6 rings (SSSR count). The van der Waals surface area contributed by atoms with Gasteiger partial charge in [-0.05, 0) is 31.2 Å². The molecule has 10 N–H and O–H groups in total. The number of nitrogens with two attached hydrogens (primary N) is 1. The molecule has 3 aromatic rings. The highest BCUT2D eigenvalue weighted by Crippen LogP contribution is 2.66. The van der Waals surface area contributed by atoms with Crippen molar-refractivity contribution in [3.63, 3.8) is 0 Å². The number of anilines is 1. The minimum Gasteiger partial charge on any atom is -0.439 e. The molecule has 0 radical (unpaired) electrons. The number of imidazole rings is 1. The molecule has 3 aliphatic heterocycles. The molecule has 58 heavy (non-hydrogen) atoms. The summed E-state index contributed by atoms with van der Waals surface area (Å²) in [7, 11) is -17.3. The van der Waals surface area contributed by atoms with Crippen molar-refractivity contribution in [3.05, 3.63) is 57.5 Å². The number of H-pyrrole nitrogens is 1. The second-order valence-corrected chi connectivity index (χ2v) is 17.4. The zero-order chi connectivity index (χ0) is 42.5. The summed E-state index contributed by atoms with van der Waals surface area (Å²) in [6, 6.07) is 1.67. The number of rotatable bonds is 15. The lowest BCUT2D eigenvalue weighted by molar-refractivity contribution is -0.362. The summed E-state index contributed by atoms with van der Waals surface area (Å²) in [4.78, 5) is 84.7. The molecule has 316 valence electrons. The van der Waals surface area contributed by atoms with Gasteiger partial charge in [0.1, 0.15) is 17.9 Å². The van der Waals surface area contributed by atoms with Gasteiger partial charge in [-0.2, -0.15) is 13.6 Å². The number of carbonyl (C=O) groups is 2. The minimum atomic E-state index is -5.89. The van der Waals surface area contributed by atoms with E-state index in [0.29, 0.717) is 22.6 Å². The van der Waals surface area contributed by atoms with E-state index in [1.165, 1.54) is 6.08 Å². The van der Waals surface area contributed by atoms with Gasteiger partial charge in [-0.15, -0.1) is 0 Å². The number of aromatic amines is 1. The average Bonchev–Trinajstić information content (AvgIpc) is 3.84. The summed E-state index contributed by atoms with van der Waals surface area (Å²) in [6.07, 6.45) is -2.69. The van der Waals surface area contributed by atoms with Gasteiger partial charge in [0.15, 0.2) is 29.2 Å². The number of carbonyl (C=O) groups excluding carboxylic acids is 2. The van der Waals surface area contributed by atoms with Crippen LogP contribution in [0.5, 0.6) is 0 Å². The number of fused-ring (bicyclic) bond motifs is 3. The van der Waals surface area contributed by atoms with Crippen LogP contribution in [-0.4, -0.2) is 116 Å². The summed E-state index contributed by atoms with van der Waals surface area (Å²) in [6.45, 7) is -2.44. The van der Waals surface area contributed by atoms with Gasteiger partial charge in [-0.1, -0.05) is 0 Å². The topological polar surface area (TPSA) is 354 Å². The Kier molecular flexibility index (Phi) is 11.9. The van der Waals surface area contributed by atoms with Gasteiger partial charge in [0.2, 0.25) is 11.9 Å². The van der Waals surface area contributed by atoms with Crippen molar-refractivity contribution in [3.8, 4) is 0 Å². The van der Waals surface area contributed by atoms with Gasteiger partial charge < -0.3 is 68.1 Å². The molecule has 2 amide bonds. The lowest BCUT2D eigenvalue weighted by atomic mass is 9.90. The lowest BCUT2D eigenvalue weighted by Gasteiger charge is -2.30. The van der Waals surface area contributed by atoms with Crippen molar-refractivity contribution in [2.45, 2.75) is 51.2 Å². The fourth-order valence-corrected chi connectivity index (χ4v) is 9.60. The van der Waals surface area contributed by atoms with Crippen molar-refractivity contribution in [2.75, 3.05) is 25.4 Å². The number of phosphoric acid groups is 3. The summed E-state index contributed by atoms with van der Waals surface area (Å²) in [5.41, 5.74) is 6.42. The van der Waals surface area contributed by atoms with E-state index in [1.54, 1.807) is 32.1 Å². The Morgan fingerprint density at radius 3 is 2.52 bits per heavy atom. The van der Waals surface area contributed by atoms with Crippen LogP contribution in [0.15, 0.2) is 35.0 Å². The predicted molar refractivity (Wildman–Crippen MR) is 192 cm³/mol. The van der Waals surface area contributed by atoms with Crippen LogP contribution in [0.2, 0.25) is 0 Å². The predicted octanol–water partition coefficient (Wildman–Crippen LogP) is 0.0136. The number of aliphatic hydroxyl groups is 1. The maximum absolute atomic E-state index is 15.7. The lowest BCUT2D eigenvalue weighted by Crippen LogP contribution is -2.50. The second-order valence-electron chi connectivity index (χ2n) is 12.9. The molecule has 3 aromatic heterocycles. The molecule has 31 heteroatoms. The first-order valence-electron chi connectivity index (χ1n) is 16.8. The fraction of sp³-hybridized carbons (Fsp3) is 0.407. The largest absolute Gasteiger partial charge is 0.737 e. The number of nitrogens with zero attached hydrogens (tertiary/aromatic N) is 5. The van der Waals surface area contributed by atoms with Gasteiger partial charge in [-0.3, -0.25) is 23.7 Å². The zero-order valence-corrected chi connectivity index (χ0v) is 32.6. The molecule has 0 aliphatic carbocycles. The number of alkyl carbamates (subject to hydrolysis) is 1. The van der Waals surface area contributed by atoms with E-state index in [4.69, 9.17) is 25.0 Å². The number of aliphatic hydroxyl groups excluding tert-OH is 1. The molecule has 2 unspecified atom stereocenters. The summed E-state index contributed by atoms with van der Waals surface area (Å²) in [5.74, 6) is -0.896. The Labute approximate surface area is 323 Å². The van der Waals surface area contributed by atoms with Crippen LogP contribution in [0.3, 0.4) is 0 Å². The summed E-state index contributed by atoms with van der Waals surface area (Å²) in [5, 5.41) is 15.9. The average molecular weight is 883 g/mol. The first-order valence-corrected chi connectivity index (χ1v) is 21.3. The van der Waals surface area contributed by atoms with E-state index >= 15 is 8.63 Å². The Hall–Kier alpha value is -4.43.